The lowest BCUT2D eigenvalue weighted by Gasteiger charge is -2.21. The van der Waals surface area contributed by atoms with Crippen LogP contribution in [0.2, 0.25) is 0 Å². The maximum absolute atomic E-state index is 6.14. The van der Waals surface area contributed by atoms with Gasteiger partial charge in [-0.1, -0.05) is 86.6 Å². The maximum Gasteiger partial charge on any atom is 0.00248 e. The Morgan fingerprint density at radius 2 is 0.515 bits per heavy atom. The van der Waals surface area contributed by atoms with E-state index < -0.39 is 27.7 Å². The second-order valence-corrected chi connectivity index (χ2v) is 23.1. The standard InChI is InChI=1S/3C8H11ClS.3FH/c3*1-10(2,9)8-6-4-3-5-7-8;;;/h3*3-7H,1-2H3;3*1H. The van der Waals surface area contributed by atoms with E-state index in [1.807, 2.05) is 54.6 Å². The minimum atomic E-state index is -1.03. The summed E-state index contributed by atoms with van der Waals surface area (Å²) in [5.74, 6) is 0. The monoisotopic (exact) mass is 582 g/mol. The van der Waals surface area contributed by atoms with Gasteiger partial charge in [-0.15, -0.1) is 27.7 Å². The van der Waals surface area contributed by atoms with Gasteiger partial charge in [-0.25, -0.2) is 0 Å². The third-order valence-electron chi connectivity index (χ3n) is 3.91. The highest BCUT2D eigenvalue weighted by Crippen LogP contribution is 2.54. The van der Waals surface area contributed by atoms with Crippen molar-refractivity contribution in [3.8, 4) is 0 Å². The Morgan fingerprint density at radius 1 is 0.364 bits per heavy atom. The molecule has 3 aromatic carbocycles. The molecule has 33 heavy (non-hydrogen) atoms. The van der Waals surface area contributed by atoms with Crippen molar-refractivity contribution in [3.63, 3.8) is 0 Å². The summed E-state index contributed by atoms with van der Waals surface area (Å²) >= 11 is 0. The van der Waals surface area contributed by atoms with Crippen LogP contribution < -0.4 is 0 Å². The summed E-state index contributed by atoms with van der Waals surface area (Å²) in [6, 6.07) is 30.6. The Morgan fingerprint density at radius 3 is 0.606 bits per heavy atom. The highest BCUT2D eigenvalue weighted by Gasteiger charge is 2.09. The molecule has 0 aliphatic heterocycles. The zero-order valence-electron chi connectivity index (χ0n) is 19.7. The molecule has 0 aromatic heterocycles. The molecule has 0 aliphatic carbocycles. The predicted octanol–water partition coefficient (Wildman–Crippen LogP) is 10.2. The second-order valence-electron chi connectivity index (χ2n) is 7.55. The van der Waals surface area contributed by atoms with E-state index in [1.54, 1.807) is 0 Å². The van der Waals surface area contributed by atoms with E-state index in [0.717, 1.165) is 0 Å². The van der Waals surface area contributed by atoms with Crippen molar-refractivity contribution in [1.82, 2.24) is 0 Å². The number of hydrogen-bond donors (Lipinski definition) is 0. The van der Waals surface area contributed by atoms with Crippen LogP contribution in [0.3, 0.4) is 0 Å². The molecule has 0 nitrogen and oxygen atoms in total. The maximum atomic E-state index is 6.14. The van der Waals surface area contributed by atoms with Crippen LogP contribution in [-0.4, -0.2) is 37.5 Å². The summed E-state index contributed by atoms with van der Waals surface area (Å²) in [5.41, 5.74) is 0. The van der Waals surface area contributed by atoms with Crippen molar-refractivity contribution in [2.45, 2.75) is 14.7 Å². The lowest BCUT2D eigenvalue weighted by Crippen LogP contribution is -1.84. The molecule has 3 aromatic rings. The van der Waals surface area contributed by atoms with Gasteiger partial charge in [0.05, 0.1) is 0 Å². The van der Waals surface area contributed by atoms with Crippen LogP contribution in [0.5, 0.6) is 0 Å². The summed E-state index contributed by atoms with van der Waals surface area (Å²) in [4.78, 5) is 3.74. The molecular formula is C24H36Cl3F3S3. The average molecular weight is 584 g/mol. The molecule has 0 bridgehead atoms. The zero-order chi connectivity index (χ0) is 22.8. The predicted molar refractivity (Wildman–Crippen MR) is 158 cm³/mol. The van der Waals surface area contributed by atoms with Crippen LogP contribution in [0.1, 0.15) is 0 Å². The van der Waals surface area contributed by atoms with Gasteiger partial charge in [-0.2, -0.15) is 0 Å². The molecule has 0 fully saturated rings. The van der Waals surface area contributed by atoms with E-state index in [9.17, 15) is 0 Å². The minimum absolute atomic E-state index is 0. The summed E-state index contributed by atoms with van der Waals surface area (Å²) < 4.78 is 0. The quantitative estimate of drug-likeness (QED) is 0.288. The molecule has 0 amide bonds. The number of benzene rings is 3. The van der Waals surface area contributed by atoms with Gasteiger partial charge < -0.3 is 0 Å². The summed E-state index contributed by atoms with van der Waals surface area (Å²) in [6.45, 7) is 0. The fourth-order valence-electron chi connectivity index (χ4n) is 2.23. The summed E-state index contributed by atoms with van der Waals surface area (Å²) in [6.07, 6.45) is 12.4. The molecule has 192 valence electrons. The summed E-state index contributed by atoms with van der Waals surface area (Å²) in [5, 5.41) is 0. The normalized spacial score (nSPS) is 11.9. The first-order valence-electron chi connectivity index (χ1n) is 9.26. The Balaban J connectivity index is -0.000000391. The zero-order valence-corrected chi connectivity index (χ0v) is 24.5. The smallest absolute Gasteiger partial charge is 0.00248 e. The molecule has 0 saturated carbocycles. The fourth-order valence-corrected chi connectivity index (χ4v) is 5.57. The van der Waals surface area contributed by atoms with E-state index >= 15 is 0 Å². The molecule has 0 radical (unpaired) electrons. The summed E-state index contributed by atoms with van der Waals surface area (Å²) in [7, 11) is 15.3. The Hall–Kier alpha value is -0.630. The van der Waals surface area contributed by atoms with Crippen molar-refractivity contribution in [3.05, 3.63) is 91.0 Å². The molecule has 0 spiro atoms. The lowest BCUT2D eigenvalue weighted by atomic mass is 10.4. The highest BCUT2D eigenvalue weighted by atomic mass is 35.7. The van der Waals surface area contributed by atoms with Gasteiger partial charge in [0.1, 0.15) is 0 Å². The van der Waals surface area contributed by atoms with E-state index in [0.29, 0.717) is 0 Å². The van der Waals surface area contributed by atoms with Crippen LogP contribution in [0.4, 0.5) is 14.1 Å². The molecule has 0 N–H and O–H groups in total. The molecule has 0 atom stereocenters. The van der Waals surface area contributed by atoms with Gasteiger partial charge in [-0.05, 0) is 73.9 Å². The van der Waals surface area contributed by atoms with Gasteiger partial charge in [0.2, 0.25) is 0 Å². The molecule has 0 heterocycles. The van der Waals surface area contributed by atoms with Crippen molar-refractivity contribution in [1.29, 1.82) is 0 Å². The lowest BCUT2D eigenvalue weighted by molar-refractivity contribution is 1.11. The topological polar surface area (TPSA) is 0 Å². The van der Waals surface area contributed by atoms with Gasteiger partial charge in [0.15, 0.2) is 0 Å². The van der Waals surface area contributed by atoms with E-state index in [1.165, 1.54) is 14.7 Å². The average Bonchev–Trinajstić information content (AvgIpc) is 2.69. The van der Waals surface area contributed by atoms with Gasteiger partial charge in [0, 0.05) is 14.7 Å². The molecule has 3 rings (SSSR count). The fraction of sp³-hybridized carbons (Fsp3) is 0.250. The largest absolute Gasteiger partial charge is 0.269 e. The Labute approximate surface area is 216 Å². The number of halogens is 6. The van der Waals surface area contributed by atoms with Crippen LogP contribution in [0.15, 0.2) is 106 Å². The second kappa shape index (κ2) is 16.9. The van der Waals surface area contributed by atoms with E-state index in [2.05, 4.69) is 73.9 Å². The van der Waals surface area contributed by atoms with Crippen LogP contribution in [0.25, 0.3) is 0 Å². The van der Waals surface area contributed by atoms with Crippen LogP contribution in [0, 0.1) is 0 Å². The highest BCUT2D eigenvalue weighted by molar-refractivity contribution is 8.50. The Kier molecular flexibility index (Phi) is 18.9. The molecule has 0 saturated heterocycles. The number of hydrogen-bond acceptors (Lipinski definition) is 0. The first-order chi connectivity index (χ1) is 13.8. The molecular weight excluding hydrogens is 548 g/mol. The Bertz CT molecular complexity index is 733. The number of rotatable bonds is 3. The van der Waals surface area contributed by atoms with Crippen molar-refractivity contribution >= 4 is 59.8 Å². The van der Waals surface area contributed by atoms with Crippen molar-refractivity contribution < 1.29 is 14.1 Å². The van der Waals surface area contributed by atoms with E-state index in [4.69, 9.17) is 32.0 Å². The molecule has 0 aliphatic rings. The van der Waals surface area contributed by atoms with E-state index in [-0.39, 0.29) is 14.1 Å². The molecule has 0 unspecified atom stereocenters. The van der Waals surface area contributed by atoms with Crippen LogP contribution >= 0.6 is 59.8 Å². The van der Waals surface area contributed by atoms with Crippen LogP contribution in [-0.2, 0) is 0 Å². The first kappa shape index (κ1) is 36.9. The third kappa shape index (κ3) is 15.8. The van der Waals surface area contributed by atoms with Gasteiger partial charge in [0.25, 0.3) is 0 Å². The molecule has 9 heteroatoms. The first-order valence-corrected chi connectivity index (χ1v) is 19.1. The van der Waals surface area contributed by atoms with Gasteiger partial charge >= 0.3 is 0 Å². The SMILES string of the molecule is CS(C)(Cl)c1ccccc1.CS(C)(Cl)c1ccccc1.CS(C)(Cl)c1ccccc1.F.F.F. The van der Waals surface area contributed by atoms with Crippen molar-refractivity contribution in [2.75, 3.05) is 37.5 Å². The minimum Gasteiger partial charge on any atom is -0.269 e. The third-order valence-corrected chi connectivity index (χ3v) is 9.69. The van der Waals surface area contributed by atoms with Gasteiger partial charge in [-0.3, -0.25) is 14.1 Å². The van der Waals surface area contributed by atoms with Crippen molar-refractivity contribution in [2.24, 2.45) is 0 Å².